The van der Waals surface area contributed by atoms with E-state index in [2.05, 4.69) is 74.3 Å². The Labute approximate surface area is 219 Å². The molecule has 0 heterocycles. The summed E-state index contributed by atoms with van der Waals surface area (Å²) in [6.45, 7) is 11.8. The number of para-hydroxylation sites is 1. The molecule has 2 nitrogen and oxygen atoms in total. The third kappa shape index (κ3) is 12.0. The molecule has 0 aliphatic rings. The molecule has 3 aromatic rings. The van der Waals surface area contributed by atoms with Gasteiger partial charge in [-0.25, -0.2) is 0 Å². The van der Waals surface area contributed by atoms with Crippen LogP contribution in [0.3, 0.4) is 0 Å². The van der Waals surface area contributed by atoms with Gasteiger partial charge in [-0.1, -0.05) is 125 Å². The van der Waals surface area contributed by atoms with Crippen molar-refractivity contribution in [3.63, 3.8) is 0 Å². The van der Waals surface area contributed by atoms with Crippen molar-refractivity contribution in [2.45, 2.75) is 65.8 Å². The zero-order chi connectivity index (χ0) is 25.9. The molecule has 0 amide bonds. The van der Waals surface area contributed by atoms with Gasteiger partial charge in [0.25, 0.3) is 0 Å². The van der Waals surface area contributed by atoms with Crippen LogP contribution in [-0.4, -0.2) is 4.99 Å². The second-order valence-electron chi connectivity index (χ2n) is 8.53. The summed E-state index contributed by atoms with van der Waals surface area (Å²) in [6, 6.07) is 29.4. The fourth-order valence-corrected chi connectivity index (χ4v) is 3.93. The van der Waals surface area contributed by atoms with E-state index < -0.39 is 0 Å². The first-order valence-electron chi connectivity index (χ1n) is 12.8. The average molecular weight is 489 g/mol. The predicted molar refractivity (Wildman–Crippen MR) is 161 cm³/mol. The SMILES string of the molecule is C=CC.CCC(=S)Nc1ccccc1.CCCC(CCC)C(N)c1ccc(-c2ccccc2)cc1. The van der Waals surface area contributed by atoms with Gasteiger partial charge in [0.2, 0.25) is 0 Å². The predicted octanol–water partition coefficient (Wildman–Crippen LogP) is 9.60. The standard InChI is InChI=1S/C20H27N.C9H11NS.C3H6/c1-3-8-18(9-4-2)20(21)19-14-12-17(13-15-19)16-10-6-5-7-11-16;1-2-9(11)10-8-6-4-3-5-7-8;1-3-2/h5-7,10-15,18,20H,3-4,8-9,21H2,1-2H3;3-7H,2H2,1H3,(H,10,11);3H,1H2,2H3. The van der Waals surface area contributed by atoms with E-state index in [4.69, 9.17) is 18.0 Å². The van der Waals surface area contributed by atoms with E-state index in [-0.39, 0.29) is 6.04 Å². The minimum absolute atomic E-state index is 0.162. The Kier molecular flexibility index (Phi) is 16.1. The number of hydrogen-bond donors (Lipinski definition) is 2. The molecular weight excluding hydrogens is 444 g/mol. The van der Waals surface area contributed by atoms with Gasteiger partial charge in [0.1, 0.15) is 0 Å². The van der Waals surface area contributed by atoms with Gasteiger partial charge in [0.05, 0.1) is 4.99 Å². The van der Waals surface area contributed by atoms with E-state index in [1.807, 2.05) is 50.2 Å². The van der Waals surface area contributed by atoms with Crippen LogP contribution in [0.2, 0.25) is 0 Å². The molecule has 0 radical (unpaired) electrons. The van der Waals surface area contributed by atoms with Crippen molar-refractivity contribution < 1.29 is 0 Å². The van der Waals surface area contributed by atoms with E-state index >= 15 is 0 Å². The van der Waals surface area contributed by atoms with Gasteiger partial charge >= 0.3 is 0 Å². The molecule has 1 atom stereocenters. The van der Waals surface area contributed by atoms with Crippen LogP contribution in [-0.2, 0) is 0 Å². The van der Waals surface area contributed by atoms with Crippen LogP contribution in [0.5, 0.6) is 0 Å². The maximum absolute atomic E-state index is 6.50. The summed E-state index contributed by atoms with van der Waals surface area (Å²) < 4.78 is 0. The summed E-state index contributed by atoms with van der Waals surface area (Å²) in [5, 5.41) is 3.12. The van der Waals surface area contributed by atoms with Gasteiger partial charge in [-0.2, -0.15) is 0 Å². The number of thiocarbonyl (C=S) groups is 1. The number of nitrogens with one attached hydrogen (secondary N) is 1. The minimum atomic E-state index is 0.162. The Balaban J connectivity index is 0.000000366. The average Bonchev–Trinajstić information content (AvgIpc) is 2.90. The lowest BCUT2D eigenvalue weighted by Crippen LogP contribution is -2.21. The summed E-state index contributed by atoms with van der Waals surface area (Å²) in [5.74, 6) is 0.600. The van der Waals surface area contributed by atoms with Crippen LogP contribution in [0.25, 0.3) is 11.1 Å². The molecule has 0 aromatic heterocycles. The smallest absolute Gasteiger partial charge is 0.0794 e. The van der Waals surface area contributed by atoms with E-state index in [1.165, 1.54) is 42.4 Å². The minimum Gasteiger partial charge on any atom is -0.350 e. The highest BCUT2D eigenvalue weighted by molar-refractivity contribution is 7.80. The molecule has 0 saturated heterocycles. The molecule has 0 fully saturated rings. The Bertz CT molecular complexity index is 930. The summed E-state index contributed by atoms with van der Waals surface area (Å²) in [4.78, 5) is 0.885. The third-order valence-electron chi connectivity index (χ3n) is 5.61. The fourth-order valence-electron chi connectivity index (χ4n) is 3.82. The molecule has 0 aliphatic carbocycles. The number of anilines is 1. The van der Waals surface area contributed by atoms with Crippen molar-refractivity contribution in [3.05, 3.63) is 103 Å². The van der Waals surface area contributed by atoms with Crippen LogP contribution < -0.4 is 11.1 Å². The van der Waals surface area contributed by atoms with Crippen LogP contribution in [0, 0.1) is 5.92 Å². The van der Waals surface area contributed by atoms with Gasteiger partial charge in [0.15, 0.2) is 0 Å². The molecule has 0 bridgehead atoms. The lowest BCUT2D eigenvalue weighted by Gasteiger charge is -2.23. The molecule has 3 heteroatoms. The van der Waals surface area contributed by atoms with Crippen LogP contribution in [0.15, 0.2) is 97.6 Å². The van der Waals surface area contributed by atoms with Gasteiger partial charge in [-0.05, 0) is 60.9 Å². The maximum Gasteiger partial charge on any atom is 0.0794 e. The molecule has 1 unspecified atom stereocenters. The zero-order valence-electron chi connectivity index (χ0n) is 22.0. The van der Waals surface area contributed by atoms with E-state index in [0.29, 0.717) is 5.92 Å². The number of rotatable bonds is 9. The molecule has 188 valence electrons. The second-order valence-corrected chi connectivity index (χ2v) is 9.02. The highest BCUT2D eigenvalue weighted by Crippen LogP contribution is 2.29. The molecule has 0 aliphatic heterocycles. The number of nitrogens with two attached hydrogens (primary N) is 1. The van der Waals surface area contributed by atoms with E-state index in [9.17, 15) is 0 Å². The normalized spacial score (nSPS) is 10.8. The van der Waals surface area contributed by atoms with Crippen molar-refractivity contribution in [1.29, 1.82) is 0 Å². The molecule has 35 heavy (non-hydrogen) atoms. The molecular formula is C32H44N2S. The largest absolute Gasteiger partial charge is 0.350 e. The monoisotopic (exact) mass is 488 g/mol. The second kappa shape index (κ2) is 18.6. The maximum atomic E-state index is 6.50. The van der Waals surface area contributed by atoms with E-state index in [0.717, 1.165) is 17.1 Å². The van der Waals surface area contributed by atoms with Gasteiger partial charge in [-0.15, -0.1) is 6.58 Å². The number of hydrogen-bond acceptors (Lipinski definition) is 2. The first kappa shape index (κ1) is 30.3. The van der Waals surface area contributed by atoms with E-state index in [1.54, 1.807) is 6.08 Å². The van der Waals surface area contributed by atoms with Crippen LogP contribution in [0.4, 0.5) is 5.69 Å². The summed E-state index contributed by atoms with van der Waals surface area (Å²) >= 11 is 5.03. The molecule has 0 spiro atoms. The van der Waals surface area contributed by atoms with Crippen molar-refractivity contribution in [2.24, 2.45) is 11.7 Å². The fraction of sp³-hybridized carbons (Fsp3) is 0.344. The first-order chi connectivity index (χ1) is 17.0. The number of benzene rings is 3. The van der Waals surface area contributed by atoms with Crippen LogP contribution in [0.1, 0.15) is 71.4 Å². The molecule has 3 N–H and O–H groups in total. The Morgan fingerprint density at radius 3 is 1.74 bits per heavy atom. The van der Waals surface area contributed by atoms with Crippen LogP contribution >= 0.6 is 12.2 Å². The Morgan fingerprint density at radius 2 is 1.29 bits per heavy atom. The summed E-state index contributed by atoms with van der Waals surface area (Å²) in [6.07, 6.45) is 7.50. The third-order valence-corrected chi connectivity index (χ3v) is 6.00. The van der Waals surface area contributed by atoms with Crippen molar-refractivity contribution in [2.75, 3.05) is 5.32 Å². The topological polar surface area (TPSA) is 38.0 Å². The lowest BCUT2D eigenvalue weighted by molar-refractivity contribution is 0.369. The summed E-state index contributed by atoms with van der Waals surface area (Å²) in [7, 11) is 0. The molecule has 0 saturated carbocycles. The Morgan fingerprint density at radius 1 is 0.829 bits per heavy atom. The van der Waals surface area contributed by atoms with Crippen molar-refractivity contribution >= 4 is 22.9 Å². The van der Waals surface area contributed by atoms with Crippen molar-refractivity contribution in [3.8, 4) is 11.1 Å². The highest BCUT2D eigenvalue weighted by Gasteiger charge is 2.17. The number of allylic oxidation sites excluding steroid dienone is 1. The molecule has 3 aromatic carbocycles. The quantitative estimate of drug-likeness (QED) is 0.232. The summed E-state index contributed by atoms with van der Waals surface area (Å²) in [5.41, 5.74) is 11.4. The van der Waals surface area contributed by atoms with Gasteiger partial charge in [-0.3, -0.25) is 0 Å². The van der Waals surface area contributed by atoms with Crippen molar-refractivity contribution in [1.82, 2.24) is 0 Å². The van der Waals surface area contributed by atoms with Gasteiger partial charge < -0.3 is 11.1 Å². The molecule has 3 rings (SSSR count). The zero-order valence-corrected chi connectivity index (χ0v) is 22.9. The Hall–Kier alpha value is -2.75. The van der Waals surface area contributed by atoms with Gasteiger partial charge in [0, 0.05) is 11.7 Å². The lowest BCUT2D eigenvalue weighted by atomic mass is 9.86. The highest BCUT2D eigenvalue weighted by atomic mass is 32.1. The first-order valence-corrected chi connectivity index (χ1v) is 13.2.